The van der Waals surface area contributed by atoms with Crippen molar-refractivity contribution in [1.82, 2.24) is 15.1 Å². The van der Waals surface area contributed by atoms with Crippen LogP contribution in [0.4, 0.5) is 22.0 Å². The molecule has 1 aromatic carbocycles. The first-order valence-corrected chi connectivity index (χ1v) is 7.39. The Balaban J connectivity index is 1.96. The van der Waals surface area contributed by atoms with Crippen LogP contribution in [0.1, 0.15) is 16.8 Å². The minimum absolute atomic E-state index is 0.0516. The van der Waals surface area contributed by atoms with Gasteiger partial charge in [0.05, 0.1) is 0 Å². The third-order valence-electron chi connectivity index (χ3n) is 3.14. The highest BCUT2D eigenvalue weighted by Gasteiger charge is 2.13. The lowest BCUT2D eigenvalue weighted by atomic mass is 10.2. The second-order valence-electron chi connectivity index (χ2n) is 5.23. The monoisotopic (exact) mass is 345 g/mol. The number of hydrogen-bond donors (Lipinski definition) is 5. The number of anilines is 3. The van der Waals surface area contributed by atoms with Crippen LogP contribution < -0.4 is 27.4 Å². The van der Waals surface area contributed by atoms with Crippen molar-refractivity contribution in [3.05, 3.63) is 36.0 Å². The van der Waals surface area contributed by atoms with Gasteiger partial charge in [0.15, 0.2) is 5.82 Å². The van der Waals surface area contributed by atoms with Gasteiger partial charge in [-0.15, -0.1) is 0 Å². The Hall–Kier alpha value is -3.56. The molecular formula is C15H19N7O3. The van der Waals surface area contributed by atoms with Crippen molar-refractivity contribution in [2.45, 2.75) is 6.42 Å². The Labute approximate surface area is 143 Å². The number of rotatable bonds is 6. The molecule has 4 amide bonds. The lowest BCUT2D eigenvalue weighted by Crippen LogP contribution is -2.31. The van der Waals surface area contributed by atoms with E-state index in [1.165, 1.54) is 10.9 Å². The smallest absolute Gasteiger partial charge is 0.319 e. The summed E-state index contributed by atoms with van der Waals surface area (Å²) in [6, 6.07) is 6.09. The molecule has 2 aromatic rings. The van der Waals surface area contributed by atoms with Crippen molar-refractivity contribution >= 4 is 35.0 Å². The van der Waals surface area contributed by atoms with Crippen molar-refractivity contribution in [2.24, 2.45) is 12.8 Å². The van der Waals surface area contributed by atoms with Gasteiger partial charge in [0, 0.05) is 37.6 Å². The van der Waals surface area contributed by atoms with E-state index in [2.05, 4.69) is 21.0 Å². The van der Waals surface area contributed by atoms with E-state index in [1.54, 1.807) is 31.3 Å². The lowest BCUT2D eigenvalue weighted by molar-refractivity contribution is -0.117. The van der Waals surface area contributed by atoms with E-state index in [-0.39, 0.29) is 24.3 Å². The van der Waals surface area contributed by atoms with Gasteiger partial charge in [0.2, 0.25) is 5.91 Å². The maximum absolute atomic E-state index is 12.2. The standard InChI is InChI=1S/C15H19N7O3/c1-22-8-11(13(17)21-22)14(24)19-9-3-2-4-10(7-9)20-15(25)18-6-5-12(16)23/h2-4,7-8H,5-6H2,1H3,(H2,16,23)(H2,17,21)(H,19,24)(H2,18,20,25). The summed E-state index contributed by atoms with van der Waals surface area (Å²) in [6.45, 7) is 0.137. The highest BCUT2D eigenvalue weighted by molar-refractivity contribution is 6.07. The number of nitrogens with two attached hydrogens (primary N) is 2. The van der Waals surface area contributed by atoms with Crippen molar-refractivity contribution in [2.75, 3.05) is 22.9 Å². The molecule has 0 spiro atoms. The van der Waals surface area contributed by atoms with E-state index in [4.69, 9.17) is 11.5 Å². The zero-order valence-electron chi connectivity index (χ0n) is 13.6. The van der Waals surface area contributed by atoms with Crippen LogP contribution in [0.2, 0.25) is 0 Å². The second kappa shape index (κ2) is 7.81. The van der Waals surface area contributed by atoms with E-state index in [9.17, 15) is 14.4 Å². The number of urea groups is 1. The number of nitrogens with one attached hydrogen (secondary N) is 3. The summed E-state index contributed by atoms with van der Waals surface area (Å²) >= 11 is 0. The highest BCUT2D eigenvalue weighted by Crippen LogP contribution is 2.17. The number of aromatic nitrogens is 2. The number of carbonyl (C=O) groups excluding carboxylic acids is 3. The first-order chi connectivity index (χ1) is 11.8. The van der Waals surface area contributed by atoms with Crippen molar-refractivity contribution in [3.63, 3.8) is 0 Å². The molecule has 0 saturated carbocycles. The molecule has 1 heterocycles. The molecule has 0 atom stereocenters. The van der Waals surface area contributed by atoms with Gasteiger partial charge in [-0.05, 0) is 18.2 Å². The summed E-state index contributed by atoms with van der Waals surface area (Å²) in [5.74, 6) is -0.781. The van der Waals surface area contributed by atoms with E-state index in [1.807, 2.05) is 0 Å². The summed E-state index contributed by atoms with van der Waals surface area (Å²) in [5, 5.41) is 11.7. The molecule has 0 bridgehead atoms. The Morgan fingerprint density at radius 3 is 2.48 bits per heavy atom. The average Bonchev–Trinajstić information content (AvgIpc) is 2.86. The maximum atomic E-state index is 12.2. The topological polar surface area (TPSA) is 157 Å². The molecule has 132 valence electrons. The van der Waals surface area contributed by atoms with Crippen molar-refractivity contribution in [3.8, 4) is 0 Å². The molecule has 0 aliphatic heterocycles. The molecule has 0 fully saturated rings. The minimum Gasteiger partial charge on any atom is -0.382 e. The molecule has 25 heavy (non-hydrogen) atoms. The van der Waals surface area contributed by atoms with E-state index >= 15 is 0 Å². The molecule has 0 unspecified atom stereocenters. The molecule has 10 heteroatoms. The van der Waals surface area contributed by atoms with Gasteiger partial charge < -0.3 is 27.4 Å². The van der Waals surface area contributed by atoms with Crippen molar-refractivity contribution in [1.29, 1.82) is 0 Å². The zero-order chi connectivity index (χ0) is 18.4. The lowest BCUT2D eigenvalue weighted by Gasteiger charge is -2.09. The van der Waals surface area contributed by atoms with Crippen LogP contribution in [0, 0.1) is 0 Å². The zero-order valence-corrected chi connectivity index (χ0v) is 13.6. The van der Waals surface area contributed by atoms with Gasteiger partial charge in [-0.3, -0.25) is 14.3 Å². The van der Waals surface area contributed by atoms with Crippen molar-refractivity contribution < 1.29 is 14.4 Å². The largest absolute Gasteiger partial charge is 0.382 e. The summed E-state index contributed by atoms with van der Waals surface area (Å²) in [4.78, 5) is 34.5. The number of hydrogen-bond acceptors (Lipinski definition) is 5. The summed E-state index contributed by atoms with van der Waals surface area (Å²) in [6.07, 6.45) is 1.56. The van der Waals surface area contributed by atoms with Crippen LogP contribution in [-0.4, -0.2) is 34.2 Å². The van der Waals surface area contributed by atoms with Gasteiger partial charge in [-0.1, -0.05) is 6.07 Å². The third-order valence-corrected chi connectivity index (χ3v) is 3.14. The normalized spacial score (nSPS) is 10.1. The van der Waals surface area contributed by atoms with Gasteiger partial charge in [-0.25, -0.2) is 4.79 Å². The van der Waals surface area contributed by atoms with Crippen LogP contribution in [0.15, 0.2) is 30.5 Å². The average molecular weight is 345 g/mol. The predicted octanol–water partition coefficient (Wildman–Crippen LogP) is 0.252. The van der Waals surface area contributed by atoms with Crippen LogP contribution >= 0.6 is 0 Å². The minimum atomic E-state index is -0.500. The Kier molecular flexibility index (Phi) is 5.56. The first kappa shape index (κ1) is 17.8. The SMILES string of the molecule is Cn1cc(C(=O)Nc2cccc(NC(=O)NCCC(N)=O)c2)c(N)n1. The summed E-state index contributed by atoms with van der Waals surface area (Å²) in [5.41, 5.74) is 11.9. The number of benzene rings is 1. The van der Waals surface area contributed by atoms with Crippen LogP contribution in [0.5, 0.6) is 0 Å². The van der Waals surface area contributed by atoms with Gasteiger partial charge in [-0.2, -0.15) is 5.10 Å². The highest BCUT2D eigenvalue weighted by atomic mass is 16.2. The molecule has 0 radical (unpaired) electrons. The number of amides is 4. The fourth-order valence-corrected chi connectivity index (χ4v) is 2.03. The fourth-order valence-electron chi connectivity index (χ4n) is 2.03. The second-order valence-corrected chi connectivity index (χ2v) is 5.23. The fraction of sp³-hybridized carbons (Fsp3) is 0.200. The van der Waals surface area contributed by atoms with E-state index < -0.39 is 17.8 Å². The van der Waals surface area contributed by atoms with E-state index in [0.717, 1.165) is 0 Å². The Bertz CT molecular complexity index is 800. The van der Waals surface area contributed by atoms with Gasteiger partial charge in [0.1, 0.15) is 5.56 Å². The third kappa shape index (κ3) is 5.23. The maximum Gasteiger partial charge on any atom is 0.319 e. The number of aryl methyl sites for hydroxylation is 1. The molecule has 1 aromatic heterocycles. The molecule has 0 aliphatic carbocycles. The molecule has 7 N–H and O–H groups in total. The van der Waals surface area contributed by atoms with Gasteiger partial charge >= 0.3 is 6.03 Å². The Morgan fingerprint density at radius 1 is 1.20 bits per heavy atom. The molecular weight excluding hydrogens is 326 g/mol. The van der Waals surface area contributed by atoms with Crippen LogP contribution in [0.3, 0.4) is 0 Å². The number of nitrogen functional groups attached to an aromatic ring is 1. The first-order valence-electron chi connectivity index (χ1n) is 7.39. The molecule has 10 nitrogen and oxygen atoms in total. The summed E-state index contributed by atoms with van der Waals surface area (Å²) in [7, 11) is 1.66. The summed E-state index contributed by atoms with van der Waals surface area (Å²) < 4.78 is 1.44. The molecule has 2 rings (SSSR count). The quantitative estimate of drug-likeness (QED) is 0.507. The molecule has 0 saturated heterocycles. The molecule has 0 aliphatic rings. The predicted molar refractivity (Wildman–Crippen MR) is 92.8 cm³/mol. The Morgan fingerprint density at radius 2 is 1.88 bits per heavy atom. The number of nitrogens with zero attached hydrogens (tertiary/aromatic N) is 2. The van der Waals surface area contributed by atoms with Crippen LogP contribution in [-0.2, 0) is 11.8 Å². The number of primary amides is 1. The van der Waals surface area contributed by atoms with Crippen LogP contribution in [0.25, 0.3) is 0 Å². The van der Waals surface area contributed by atoms with E-state index in [0.29, 0.717) is 11.4 Å². The van der Waals surface area contributed by atoms with Gasteiger partial charge in [0.25, 0.3) is 5.91 Å². The number of carbonyl (C=O) groups is 3.